The lowest BCUT2D eigenvalue weighted by atomic mass is 9.76. The number of aromatic nitrogens is 2. The van der Waals surface area contributed by atoms with Crippen LogP contribution in [0.1, 0.15) is 44.4 Å². The fourth-order valence-corrected chi connectivity index (χ4v) is 4.81. The van der Waals surface area contributed by atoms with Crippen LogP contribution in [-0.2, 0) is 11.2 Å². The zero-order valence-corrected chi connectivity index (χ0v) is 19.0. The number of Topliss-reactive ketones (excluding diaryl/α,β-unsaturated/α-hetero) is 1. The van der Waals surface area contributed by atoms with E-state index < -0.39 is 12.0 Å². The molecule has 0 bridgehead atoms. The highest BCUT2D eigenvalue weighted by atomic mass is 19.1. The summed E-state index contributed by atoms with van der Waals surface area (Å²) >= 11 is 0. The third-order valence-corrected chi connectivity index (χ3v) is 6.45. The summed E-state index contributed by atoms with van der Waals surface area (Å²) in [6.07, 6.45) is 0.140. The van der Waals surface area contributed by atoms with Crippen molar-refractivity contribution in [3.05, 3.63) is 118 Å². The minimum absolute atomic E-state index is 0.110. The lowest BCUT2D eigenvalue weighted by molar-refractivity contribution is -0.121. The third-order valence-electron chi connectivity index (χ3n) is 6.45. The summed E-state index contributed by atoms with van der Waals surface area (Å²) in [6, 6.07) is 22.2. The largest absolute Gasteiger partial charge is 0.341 e. The second-order valence-corrected chi connectivity index (χ2v) is 8.63. The van der Waals surface area contributed by atoms with E-state index in [1.54, 1.807) is 28.9 Å². The molecule has 1 amide bonds. The zero-order chi connectivity index (χ0) is 23.8. The predicted molar refractivity (Wildman–Crippen MR) is 128 cm³/mol. The van der Waals surface area contributed by atoms with Crippen molar-refractivity contribution in [3.63, 3.8) is 0 Å². The van der Waals surface area contributed by atoms with Crippen molar-refractivity contribution in [2.24, 2.45) is 0 Å². The Labute approximate surface area is 197 Å². The van der Waals surface area contributed by atoms with Crippen molar-refractivity contribution in [1.82, 2.24) is 15.1 Å². The predicted octanol–water partition coefficient (Wildman–Crippen LogP) is 4.68. The molecule has 5 rings (SSSR count). The first kappa shape index (κ1) is 21.8. The lowest BCUT2D eigenvalue weighted by Crippen LogP contribution is -2.49. The average Bonchev–Trinajstić information content (AvgIpc) is 3.16. The number of ketones is 1. The van der Waals surface area contributed by atoms with Gasteiger partial charge in [0.05, 0.1) is 29.5 Å². The summed E-state index contributed by atoms with van der Waals surface area (Å²) in [5.74, 6) is -1.26. The summed E-state index contributed by atoms with van der Waals surface area (Å²) in [7, 11) is 0. The second kappa shape index (κ2) is 8.71. The molecule has 5 nitrogen and oxygen atoms in total. The zero-order valence-electron chi connectivity index (χ0n) is 19.0. The number of carbonyl (C=O) groups is 2. The molecule has 1 heterocycles. The van der Waals surface area contributed by atoms with Gasteiger partial charge < -0.3 is 5.32 Å². The van der Waals surface area contributed by atoms with E-state index in [0.717, 1.165) is 33.8 Å². The Morgan fingerprint density at radius 1 is 0.971 bits per heavy atom. The molecular weight excluding hydrogens is 429 g/mol. The summed E-state index contributed by atoms with van der Waals surface area (Å²) in [6.45, 7) is 3.77. The molecule has 1 aliphatic rings. The monoisotopic (exact) mass is 453 g/mol. The van der Waals surface area contributed by atoms with Gasteiger partial charge in [-0.2, -0.15) is 5.10 Å². The molecule has 6 heteroatoms. The summed E-state index contributed by atoms with van der Waals surface area (Å²) < 4.78 is 15.6. The van der Waals surface area contributed by atoms with Crippen LogP contribution in [-0.4, -0.2) is 27.5 Å². The number of amides is 1. The van der Waals surface area contributed by atoms with E-state index in [1.807, 2.05) is 56.3 Å². The molecule has 0 unspecified atom stereocenters. The molecule has 0 spiro atoms. The van der Waals surface area contributed by atoms with Crippen LogP contribution in [0.15, 0.2) is 78.9 Å². The number of benzene rings is 3. The number of fused-ring (bicyclic) bond motifs is 1. The fourth-order valence-electron chi connectivity index (χ4n) is 4.81. The topological polar surface area (TPSA) is 64.0 Å². The van der Waals surface area contributed by atoms with Crippen molar-refractivity contribution in [3.8, 4) is 5.69 Å². The van der Waals surface area contributed by atoms with E-state index in [0.29, 0.717) is 5.56 Å². The highest BCUT2D eigenvalue weighted by Crippen LogP contribution is 2.39. The van der Waals surface area contributed by atoms with Crippen molar-refractivity contribution in [2.75, 3.05) is 0 Å². The molecule has 0 saturated heterocycles. The van der Waals surface area contributed by atoms with Crippen molar-refractivity contribution >= 4 is 11.7 Å². The van der Waals surface area contributed by atoms with Gasteiger partial charge in [0.1, 0.15) is 5.82 Å². The maximum atomic E-state index is 13.8. The van der Waals surface area contributed by atoms with Gasteiger partial charge in [0, 0.05) is 17.0 Å². The number of carbonyl (C=O) groups excluding carboxylic acids is 2. The first-order chi connectivity index (χ1) is 16.4. The molecule has 0 fully saturated rings. The van der Waals surface area contributed by atoms with Gasteiger partial charge in [-0.1, -0.05) is 48.5 Å². The van der Waals surface area contributed by atoms with Crippen molar-refractivity contribution in [2.45, 2.75) is 32.2 Å². The Balaban J connectivity index is 1.63. The third kappa shape index (κ3) is 3.81. The average molecular weight is 454 g/mol. The summed E-state index contributed by atoms with van der Waals surface area (Å²) in [5, 5.41) is 7.74. The number of halogens is 1. The Bertz CT molecular complexity index is 1380. The molecule has 2 atom stereocenters. The SMILES string of the molecule is Cc1ccccc1C(=O)N[C@H]1C(=O)Cc2c(c(C)nn2-c2ccccc2)[C@@H]1c1ccc(F)cc1. The van der Waals surface area contributed by atoms with E-state index in [-0.39, 0.29) is 23.9 Å². The van der Waals surface area contributed by atoms with Gasteiger partial charge in [0.25, 0.3) is 5.91 Å². The highest BCUT2D eigenvalue weighted by Gasteiger charge is 2.41. The molecule has 170 valence electrons. The number of nitrogens with zero attached hydrogens (tertiary/aromatic N) is 2. The van der Waals surface area contributed by atoms with Gasteiger partial charge in [-0.15, -0.1) is 0 Å². The van der Waals surface area contributed by atoms with Crippen LogP contribution in [0, 0.1) is 19.7 Å². The molecule has 1 aromatic heterocycles. The first-order valence-corrected chi connectivity index (χ1v) is 11.2. The van der Waals surface area contributed by atoms with Crippen LogP contribution in [0.5, 0.6) is 0 Å². The Kier molecular flexibility index (Phi) is 5.57. The van der Waals surface area contributed by atoms with Gasteiger partial charge in [-0.3, -0.25) is 9.59 Å². The van der Waals surface area contributed by atoms with Gasteiger partial charge in [-0.05, 0) is 55.3 Å². The summed E-state index contributed by atoms with van der Waals surface area (Å²) in [5.41, 5.74) is 5.43. The molecule has 4 aromatic rings. The molecule has 1 aliphatic carbocycles. The van der Waals surface area contributed by atoms with E-state index in [9.17, 15) is 14.0 Å². The van der Waals surface area contributed by atoms with E-state index in [4.69, 9.17) is 5.10 Å². The maximum absolute atomic E-state index is 13.8. The van der Waals surface area contributed by atoms with Crippen LogP contribution >= 0.6 is 0 Å². The fraction of sp³-hybridized carbons (Fsp3) is 0.179. The first-order valence-electron chi connectivity index (χ1n) is 11.2. The van der Waals surface area contributed by atoms with Gasteiger partial charge in [0.2, 0.25) is 0 Å². The van der Waals surface area contributed by atoms with Crippen LogP contribution in [0.3, 0.4) is 0 Å². The minimum Gasteiger partial charge on any atom is -0.341 e. The summed E-state index contributed by atoms with van der Waals surface area (Å²) in [4.78, 5) is 26.7. The van der Waals surface area contributed by atoms with Crippen molar-refractivity contribution in [1.29, 1.82) is 0 Å². The minimum atomic E-state index is -0.794. The Hall–Kier alpha value is -4.06. The number of nitrogens with one attached hydrogen (secondary N) is 1. The quantitative estimate of drug-likeness (QED) is 0.488. The van der Waals surface area contributed by atoms with Crippen LogP contribution in [0.4, 0.5) is 4.39 Å². The Morgan fingerprint density at radius 3 is 2.35 bits per heavy atom. The number of hydrogen-bond donors (Lipinski definition) is 1. The number of aryl methyl sites for hydroxylation is 2. The normalized spacial score (nSPS) is 17.3. The maximum Gasteiger partial charge on any atom is 0.252 e. The van der Waals surface area contributed by atoms with E-state index in [2.05, 4.69) is 5.32 Å². The van der Waals surface area contributed by atoms with E-state index >= 15 is 0 Å². The van der Waals surface area contributed by atoms with Crippen LogP contribution in [0.2, 0.25) is 0 Å². The molecule has 0 radical (unpaired) electrons. The smallest absolute Gasteiger partial charge is 0.252 e. The molecule has 1 N–H and O–H groups in total. The van der Waals surface area contributed by atoms with E-state index in [1.165, 1.54) is 12.1 Å². The molecular formula is C28H24FN3O2. The Morgan fingerprint density at radius 2 is 1.65 bits per heavy atom. The van der Waals surface area contributed by atoms with Gasteiger partial charge >= 0.3 is 0 Å². The highest BCUT2D eigenvalue weighted by molar-refractivity contribution is 6.00. The van der Waals surface area contributed by atoms with Gasteiger partial charge in [-0.25, -0.2) is 9.07 Å². The molecule has 0 saturated carbocycles. The second-order valence-electron chi connectivity index (χ2n) is 8.63. The lowest BCUT2D eigenvalue weighted by Gasteiger charge is -2.32. The van der Waals surface area contributed by atoms with Gasteiger partial charge in [0.15, 0.2) is 5.78 Å². The molecule has 34 heavy (non-hydrogen) atoms. The molecule has 0 aliphatic heterocycles. The number of para-hydroxylation sites is 1. The van der Waals surface area contributed by atoms with Crippen molar-refractivity contribution < 1.29 is 14.0 Å². The van der Waals surface area contributed by atoms with Crippen LogP contribution < -0.4 is 5.32 Å². The van der Waals surface area contributed by atoms with Crippen LogP contribution in [0.25, 0.3) is 5.69 Å². The number of hydrogen-bond acceptors (Lipinski definition) is 3. The molecule has 3 aromatic carbocycles. The standard InChI is InChI=1S/C28H24FN3O2/c1-17-8-6-7-11-22(17)28(34)30-27-24(33)16-23-25(26(27)19-12-14-20(29)15-13-19)18(2)31-32(23)21-9-4-3-5-10-21/h3-15,26-27H,16H2,1-2H3,(H,30,34)/t26-,27-/m0/s1. The number of rotatable bonds is 4.